The van der Waals surface area contributed by atoms with E-state index in [2.05, 4.69) is 97.0 Å². The van der Waals surface area contributed by atoms with Gasteiger partial charge < -0.3 is 83.7 Å². The van der Waals surface area contributed by atoms with E-state index in [9.17, 15) is 43.5 Å². The number of nitrogens with one attached hydrogen (secondary N) is 13. The Morgan fingerprint density at radius 3 is 0.986 bits per heavy atom. The Balaban J connectivity index is 1.21. The van der Waals surface area contributed by atoms with E-state index in [4.69, 9.17) is 11.5 Å². The molecule has 0 aliphatic heterocycles. The van der Waals surface area contributed by atoms with Gasteiger partial charge in [-0.05, 0) is 19.4 Å². The fourth-order valence-corrected chi connectivity index (χ4v) is 7.49. The van der Waals surface area contributed by atoms with Crippen molar-refractivity contribution in [2.24, 2.45) is 11.5 Å². The number of H-pyrrole nitrogens is 6. The zero-order valence-corrected chi connectivity index (χ0v) is 39.8. The third-order valence-electron chi connectivity index (χ3n) is 11.4. The summed E-state index contributed by atoms with van der Waals surface area (Å²) in [6.07, 6.45) is 17.3. The van der Waals surface area contributed by atoms with E-state index >= 15 is 0 Å². The van der Waals surface area contributed by atoms with E-state index in [1.165, 1.54) is 75.1 Å². The number of aromatic amines is 6. The first-order chi connectivity index (χ1) is 35.7. The monoisotopic (exact) mass is 1030 g/mol. The minimum absolute atomic E-state index is 0.122. The summed E-state index contributed by atoms with van der Waals surface area (Å²) < 4.78 is 0. The molecule has 7 amide bonds. The van der Waals surface area contributed by atoms with Crippen molar-refractivity contribution < 1.29 is 43.5 Å². The van der Waals surface area contributed by atoms with Crippen LogP contribution < -0.4 is 48.7 Å². The summed E-state index contributed by atoms with van der Waals surface area (Å²) in [6, 6.07) is -9.40. The van der Waals surface area contributed by atoms with Gasteiger partial charge in [0.05, 0.1) is 50.6 Å². The summed E-state index contributed by atoms with van der Waals surface area (Å²) >= 11 is 0. The quantitative estimate of drug-likeness (QED) is 0.0182. The number of imidazole rings is 6. The molecule has 6 aromatic heterocycles. The van der Waals surface area contributed by atoms with Crippen LogP contribution in [0, 0.1) is 0 Å². The first kappa shape index (κ1) is 54.3. The number of rotatable bonds is 31. The van der Waals surface area contributed by atoms with Crippen molar-refractivity contribution in [3.8, 4) is 0 Å². The summed E-state index contributed by atoms with van der Waals surface area (Å²) in [7, 11) is 0. The number of carboxylic acid groups (broad SMARTS) is 1. The van der Waals surface area contributed by atoms with Gasteiger partial charge in [-0.1, -0.05) is 6.42 Å². The Labute approximate surface area is 420 Å². The topological polar surface area (TPSA) is 465 Å². The number of nitrogens with zero attached hydrogens (tertiary/aromatic N) is 6. The normalized spacial score (nSPS) is 14.0. The minimum Gasteiger partial charge on any atom is -0.480 e. The van der Waals surface area contributed by atoms with Gasteiger partial charge in [-0.3, -0.25) is 33.6 Å². The van der Waals surface area contributed by atoms with E-state index in [0.717, 1.165) is 0 Å². The van der Waals surface area contributed by atoms with Crippen molar-refractivity contribution in [1.29, 1.82) is 0 Å². The van der Waals surface area contributed by atoms with Crippen molar-refractivity contribution >= 4 is 47.3 Å². The molecular weight excluding hydrogens is 967 g/mol. The van der Waals surface area contributed by atoms with Gasteiger partial charge >= 0.3 is 5.97 Å². The predicted octanol–water partition coefficient (Wildman–Crippen LogP) is -4.65. The highest BCUT2D eigenvalue weighted by molar-refractivity contribution is 5.97. The van der Waals surface area contributed by atoms with Crippen LogP contribution in [0.1, 0.15) is 53.4 Å². The molecule has 30 nitrogen and oxygen atoms in total. The number of carboxylic acids is 1. The summed E-state index contributed by atoms with van der Waals surface area (Å²) in [5.41, 5.74) is 14.0. The number of unbranched alkanes of at least 4 members (excludes halogenated alkanes) is 1. The Morgan fingerprint density at radius 1 is 0.432 bits per heavy atom. The zero-order valence-electron chi connectivity index (χ0n) is 39.8. The highest BCUT2D eigenvalue weighted by atomic mass is 16.4. The second kappa shape index (κ2) is 27.5. The molecule has 18 N–H and O–H groups in total. The second-order valence-corrected chi connectivity index (χ2v) is 17.1. The van der Waals surface area contributed by atoms with Crippen molar-refractivity contribution in [3.63, 3.8) is 0 Å². The molecule has 30 heteroatoms. The Bertz CT molecular complexity index is 2680. The van der Waals surface area contributed by atoms with E-state index in [1.54, 1.807) is 0 Å². The molecule has 0 saturated heterocycles. The molecule has 0 aliphatic carbocycles. The molecule has 0 spiro atoms. The van der Waals surface area contributed by atoms with E-state index in [-0.39, 0.29) is 38.5 Å². The molecule has 74 heavy (non-hydrogen) atoms. The molecule has 0 fully saturated rings. The lowest BCUT2D eigenvalue weighted by Gasteiger charge is -2.27. The summed E-state index contributed by atoms with van der Waals surface area (Å²) in [4.78, 5) is 151. The number of carbonyl (C=O) groups is 8. The third-order valence-corrected chi connectivity index (χ3v) is 11.4. The first-order valence-corrected chi connectivity index (χ1v) is 23.3. The number of hydrogen-bond donors (Lipinski definition) is 16. The fourth-order valence-electron chi connectivity index (χ4n) is 7.49. The molecule has 0 aliphatic rings. The lowest BCUT2D eigenvalue weighted by Crippen LogP contribution is -2.61. The van der Waals surface area contributed by atoms with Crippen LogP contribution >= 0.6 is 0 Å². The van der Waals surface area contributed by atoms with Crippen LogP contribution in [-0.4, -0.2) is 168 Å². The van der Waals surface area contributed by atoms with Crippen molar-refractivity contribution in [2.75, 3.05) is 13.1 Å². The lowest BCUT2D eigenvalue weighted by atomic mass is 10.0. The molecule has 0 bridgehead atoms. The summed E-state index contributed by atoms with van der Waals surface area (Å²) in [5, 5.41) is 28.2. The predicted molar refractivity (Wildman–Crippen MR) is 257 cm³/mol. The maximum absolute atomic E-state index is 14.5. The number of amides is 7. The van der Waals surface area contributed by atoms with Crippen molar-refractivity contribution in [1.82, 2.24) is 97.0 Å². The van der Waals surface area contributed by atoms with E-state index < -0.39 is 96.2 Å². The van der Waals surface area contributed by atoms with E-state index in [1.807, 2.05) is 0 Å². The number of aromatic nitrogens is 12. The molecule has 6 rings (SSSR count). The molecule has 6 heterocycles. The SMILES string of the molecule is NCCCC[C@H](N)C(=O)NCC(=O)N[C@@H](Cc1cnc[nH]1)C(=O)N[C@@H](Cc1cnc[nH]1)C(=O)N[C@@H](Cc1cnc[nH]1)C(=O)N[C@@H](Cc1cnc[nH]1)C(=O)N[C@@H](Cc1cnc[nH]1)C(=O)N[C@@H](Cc1cnc[nH]1)C(=O)O. The van der Waals surface area contributed by atoms with Crippen LogP contribution in [0.25, 0.3) is 0 Å². The van der Waals surface area contributed by atoms with Gasteiger partial charge in [0.1, 0.15) is 36.3 Å². The molecule has 7 atom stereocenters. The third kappa shape index (κ3) is 17.1. The number of nitrogens with two attached hydrogens (primary N) is 2. The molecular formula is C44H59N21O9. The van der Waals surface area contributed by atoms with Crippen molar-refractivity contribution in [2.45, 2.75) is 100 Å². The number of hydrogen-bond acceptors (Lipinski definition) is 16. The van der Waals surface area contributed by atoms with Gasteiger partial charge in [-0.25, -0.2) is 34.7 Å². The van der Waals surface area contributed by atoms with E-state index in [0.29, 0.717) is 60.0 Å². The van der Waals surface area contributed by atoms with Crippen molar-refractivity contribution in [3.05, 3.63) is 109 Å². The highest BCUT2D eigenvalue weighted by Crippen LogP contribution is 2.10. The van der Waals surface area contributed by atoms with Crippen LogP contribution in [0.15, 0.2) is 75.1 Å². The van der Waals surface area contributed by atoms with Crippen LogP contribution in [0.5, 0.6) is 0 Å². The van der Waals surface area contributed by atoms with Gasteiger partial charge in [-0.15, -0.1) is 0 Å². The average Bonchev–Trinajstić information content (AvgIpc) is 4.24. The molecule has 0 aromatic carbocycles. The van der Waals surface area contributed by atoms with Gasteiger partial charge in [0, 0.05) is 110 Å². The summed E-state index contributed by atoms with van der Waals surface area (Å²) in [5.74, 6) is -6.99. The van der Waals surface area contributed by atoms with Crippen LogP contribution in [0.2, 0.25) is 0 Å². The van der Waals surface area contributed by atoms with Gasteiger partial charge in [0.2, 0.25) is 41.4 Å². The number of aliphatic carboxylic acids is 1. The lowest BCUT2D eigenvalue weighted by molar-refractivity contribution is -0.142. The summed E-state index contributed by atoms with van der Waals surface area (Å²) in [6.45, 7) is -0.0843. The van der Waals surface area contributed by atoms with Crippen LogP contribution in [0.4, 0.5) is 0 Å². The second-order valence-electron chi connectivity index (χ2n) is 17.1. The molecule has 0 saturated carbocycles. The maximum Gasteiger partial charge on any atom is 0.326 e. The average molecular weight is 1030 g/mol. The first-order valence-electron chi connectivity index (χ1n) is 23.3. The minimum atomic E-state index is -1.46. The van der Waals surface area contributed by atoms with Gasteiger partial charge in [0.15, 0.2) is 0 Å². The smallest absolute Gasteiger partial charge is 0.326 e. The fraction of sp³-hybridized carbons (Fsp3) is 0.409. The Kier molecular flexibility index (Phi) is 20.2. The Hall–Kier alpha value is -9.06. The maximum atomic E-state index is 14.5. The van der Waals surface area contributed by atoms with Gasteiger partial charge in [-0.2, -0.15) is 0 Å². The standard InChI is InChI=1S/C44H59N21O9/c45-4-2-1-3-30(46)38(67)53-17-37(66)60-31(5-24-11-47-18-54-24)39(68)61-32(6-25-12-48-19-55-25)40(69)62-33(7-26-13-49-20-56-26)41(70)63-34(8-27-14-50-21-57-27)42(71)64-35(9-28-15-51-22-58-28)43(72)65-36(44(73)74)10-29-16-52-23-59-29/h11-16,18-23,30-36H,1-10,17,45-46H2,(H,47,54)(H,48,55)(H,49,56)(H,50,57)(H,51,58)(H,52,59)(H,53,67)(H,60,66)(H,61,68)(H,62,69)(H,63,70)(H,64,71)(H,65,72)(H,73,74)/t30-,31-,32-,33-,34-,35-,36-/m0/s1. The molecule has 6 aromatic rings. The largest absolute Gasteiger partial charge is 0.480 e. The Morgan fingerprint density at radius 2 is 0.716 bits per heavy atom. The highest BCUT2D eigenvalue weighted by Gasteiger charge is 2.35. The zero-order chi connectivity index (χ0) is 52.8. The molecule has 0 radical (unpaired) electrons. The van der Waals surface area contributed by atoms with Crippen LogP contribution in [-0.2, 0) is 76.9 Å². The molecule has 0 unspecified atom stereocenters. The number of carbonyl (C=O) groups excluding carboxylic acids is 7. The van der Waals surface area contributed by atoms with Crippen LogP contribution in [0.3, 0.4) is 0 Å². The molecule has 394 valence electrons. The van der Waals surface area contributed by atoms with Gasteiger partial charge in [0.25, 0.3) is 0 Å².